The quantitative estimate of drug-likeness (QED) is 0.170. The highest BCUT2D eigenvalue weighted by Gasteiger charge is 2.46. The number of allylic oxidation sites excluding steroid dienone is 7. The maximum Gasteiger partial charge on any atom is 0.0504 e. The summed E-state index contributed by atoms with van der Waals surface area (Å²) in [7, 11) is 0. The van der Waals surface area contributed by atoms with E-state index >= 15 is 0 Å². The Morgan fingerprint density at radius 3 is 2.17 bits per heavy atom. The van der Waals surface area contributed by atoms with Gasteiger partial charge in [-0.05, 0) is 133 Å². The Morgan fingerprint density at radius 2 is 1.25 bits per heavy atom. The van der Waals surface area contributed by atoms with Crippen LogP contribution in [0.4, 0.5) is 0 Å². The van der Waals surface area contributed by atoms with Crippen LogP contribution < -0.4 is 0 Å². The smallest absolute Gasteiger partial charge is 0.0504 e. The third kappa shape index (κ3) is 5.45. The van der Waals surface area contributed by atoms with E-state index in [1.165, 1.54) is 88.7 Å². The van der Waals surface area contributed by atoms with Crippen LogP contribution in [0.25, 0.3) is 50.2 Å². The summed E-state index contributed by atoms with van der Waals surface area (Å²) >= 11 is 0. The van der Waals surface area contributed by atoms with E-state index < -0.39 is 0 Å². The standard InChI is InChI=1S/C53H40/c1-3-15-37(16-4-1)31-38-17-11-22-40(32-38)41-23-12-24-42(33-41)43-25-13-26-46(34-43)47-27-14-29-50-52(47)48-35-44-20-6-7-21-45(44)36-51(48)53(50)30-10-2-5-18-39-19-8-9-28-49(39)53/h1-11,13-22,24-29,32-36H,12,23,30-31H2/b10-2-,18-5-. The lowest BCUT2D eigenvalue weighted by atomic mass is 9.68. The molecule has 0 aliphatic heterocycles. The molecule has 0 N–H and O–H groups in total. The molecule has 0 bridgehead atoms. The maximum atomic E-state index is 2.48. The fraction of sp³-hybridized carbons (Fsp3) is 0.0943. The van der Waals surface area contributed by atoms with E-state index in [1.807, 2.05) is 0 Å². The molecule has 0 heterocycles. The van der Waals surface area contributed by atoms with E-state index in [-0.39, 0.29) is 5.41 Å². The Labute approximate surface area is 312 Å². The molecule has 1 atom stereocenters. The summed E-state index contributed by atoms with van der Waals surface area (Å²) in [6, 6.07) is 59.0. The predicted octanol–water partition coefficient (Wildman–Crippen LogP) is 13.6. The van der Waals surface area contributed by atoms with Crippen LogP contribution in [0.2, 0.25) is 0 Å². The Hall–Kier alpha value is -6.24. The van der Waals surface area contributed by atoms with Crippen molar-refractivity contribution in [1.82, 2.24) is 0 Å². The number of hydrogen-bond acceptors (Lipinski definition) is 0. The van der Waals surface area contributed by atoms with Crippen molar-refractivity contribution in [3.63, 3.8) is 0 Å². The summed E-state index contributed by atoms with van der Waals surface area (Å²) in [6.07, 6.45) is 17.9. The Balaban J connectivity index is 1.09. The van der Waals surface area contributed by atoms with E-state index in [2.05, 4.69) is 194 Å². The van der Waals surface area contributed by atoms with Crippen molar-refractivity contribution in [2.45, 2.75) is 31.1 Å². The minimum atomic E-state index is -0.293. The molecule has 0 saturated carbocycles. The highest BCUT2D eigenvalue weighted by atomic mass is 14.5. The fourth-order valence-corrected chi connectivity index (χ4v) is 9.23. The summed E-state index contributed by atoms with van der Waals surface area (Å²) < 4.78 is 0. The molecule has 10 rings (SSSR count). The molecule has 53 heavy (non-hydrogen) atoms. The second kappa shape index (κ2) is 13.1. The average molecular weight is 677 g/mol. The van der Waals surface area contributed by atoms with Crippen LogP contribution in [-0.4, -0.2) is 0 Å². The molecule has 0 heteroatoms. The highest BCUT2D eigenvalue weighted by Crippen LogP contribution is 2.58. The molecular formula is C53H40. The molecule has 0 fully saturated rings. The summed E-state index contributed by atoms with van der Waals surface area (Å²) in [5.74, 6) is 0. The molecule has 252 valence electrons. The van der Waals surface area contributed by atoms with Gasteiger partial charge in [-0.2, -0.15) is 0 Å². The first kappa shape index (κ1) is 31.5. The fourth-order valence-electron chi connectivity index (χ4n) is 9.23. The first-order chi connectivity index (χ1) is 26.2. The van der Waals surface area contributed by atoms with Crippen LogP contribution in [0.1, 0.15) is 63.8 Å². The van der Waals surface area contributed by atoms with Gasteiger partial charge in [-0.25, -0.2) is 0 Å². The maximum absolute atomic E-state index is 2.48. The van der Waals surface area contributed by atoms with E-state index in [4.69, 9.17) is 0 Å². The van der Waals surface area contributed by atoms with Crippen LogP contribution >= 0.6 is 0 Å². The van der Waals surface area contributed by atoms with Gasteiger partial charge in [0.05, 0.1) is 5.41 Å². The first-order valence-corrected chi connectivity index (χ1v) is 19.0. The van der Waals surface area contributed by atoms with Crippen LogP contribution in [0.3, 0.4) is 0 Å². The van der Waals surface area contributed by atoms with Gasteiger partial charge in [0.25, 0.3) is 0 Å². The number of benzene rings is 7. The topological polar surface area (TPSA) is 0 Å². The van der Waals surface area contributed by atoms with E-state index in [0.29, 0.717) is 0 Å². The molecule has 1 unspecified atom stereocenters. The molecule has 3 aliphatic carbocycles. The molecule has 0 saturated heterocycles. The minimum absolute atomic E-state index is 0.293. The lowest BCUT2D eigenvalue weighted by Crippen LogP contribution is -2.27. The third-order valence-corrected chi connectivity index (χ3v) is 11.7. The van der Waals surface area contributed by atoms with Crippen molar-refractivity contribution in [1.29, 1.82) is 0 Å². The van der Waals surface area contributed by atoms with Crippen molar-refractivity contribution in [2.75, 3.05) is 0 Å². The van der Waals surface area contributed by atoms with Gasteiger partial charge in [-0.15, -0.1) is 0 Å². The normalized spacial score (nSPS) is 18.3. The van der Waals surface area contributed by atoms with Gasteiger partial charge in [-0.1, -0.05) is 176 Å². The zero-order valence-electron chi connectivity index (χ0n) is 29.8. The van der Waals surface area contributed by atoms with Gasteiger partial charge in [0.1, 0.15) is 0 Å². The summed E-state index contributed by atoms with van der Waals surface area (Å²) in [5.41, 5.74) is 18.5. The SMILES string of the molecule is C1=C(c2cccc(-c3cccc4c3-c3cc5ccccc5cc3C43C/C=C\C=C/c4ccccc43)c2)C=C(c2cccc(Cc3ccccc3)c2)CC1. The van der Waals surface area contributed by atoms with Crippen molar-refractivity contribution in [3.8, 4) is 22.3 Å². The molecule has 0 amide bonds. The highest BCUT2D eigenvalue weighted by molar-refractivity contribution is 6.00. The third-order valence-electron chi connectivity index (χ3n) is 11.7. The second-order valence-electron chi connectivity index (χ2n) is 14.8. The van der Waals surface area contributed by atoms with Gasteiger partial charge in [0.15, 0.2) is 0 Å². The van der Waals surface area contributed by atoms with E-state index in [9.17, 15) is 0 Å². The number of rotatable bonds is 5. The van der Waals surface area contributed by atoms with Gasteiger partial charge in [0, 0.05) is 0 Å². The molecular weight excluding hydrogens is 637 g/mol. The summed E-state index contributed by atoms with van der Waals surface area (Å²) in [6.45, 7) is 0. The Bertz CT molecular complexity index is 2660. The zero-order valence-corrected chi connectivity index (χ0v) is 29.8. The first-order valence-electron chi connectivity index (χ1n) is 19.0. The van der Waals surface area contributed by atoms with Gasteiger partial charge < -0.3 is 0 Å². The van der Waals surface area contributed by atoms with Crippen molar-refractivity contribution < 1.29 is 0 Å². The minimum Gasteiger partial charge on any atom is -0.0830 e. The van der Waals surface area contributed by atoms with Crippen molar-refractivity contribution >= 4 is 28.0 Å². The van der Waals surface area contributed by atoms with E-state index in [0.717, 1.165) is 25.7 Å². The molecule has 1 spiro atoms. The lowest BCUT2D eigenvalue weighted by molar-refractivity contribution is 0.644. The molecule has 0 radical (unpaired) electrons. The van der Waals surface area contributed by atoms with Crippen molar-refractivity contribution in [3.05, 3.63) is 233 Å². The summed E-state index contributed by atoms with van der Waals surface area (Å²) in [5, 5.41) is 2.57. The van der Waals surface area contributed by atoms with Gasteiger partial charge >= 0.3 is 0 Å². The molecule has 3 aliphatic rings. The molecule has 0 aromatic heterocycles. The van der Waals surface area contributed by atoms with Crippen molar-refractivity contribution in [2.24, 2.45) is 0 Å². The second-order valence-corrected chi connectivity index (χ2v) is 14.8. The van der Waals surface area contributed by atoms with Gasteiger partial charge in [-0.3, -0.25) is 0 Å². The predicted molar refractivity (Wildman–Crippen MR) is 225 cm³/mol. The lowest BCUT2D eigenvalue weighted by Gasteiger charge is -2.34. The van der Waals surface area contributed by atoms with Crippen LogP contribution in [0.15, 0.2) is 188 Å². The molecule has 7 aromatic rings. The van der Waals surface area contributed by atoms with Crippen LogP contribution in [0, 0.1) is 0 Å². The number of hydrogen-bond donors (Lipinski definition) is 0. The monoisotopic (exact) mass is 676 g/mol. The number of fused-ring (bicyclic) bond motifs is 8. The Kier molecular flexibility index (Phi) is 7.76. The van der Waals surface area contributed by atoms with Crippen LogP contribution in [0.5, 0.6) is 0 Å². The zero-order chi connectivity index (χ0) is 35.2. The van der Waals surface area contributed by atoms with Gasteiger partial charge in [0.2, 0.25) is 0 Å². The molecule has 7 aromatic carbocycles. The largest absolute Gasteiger partial charge is 0.0830 e. The summed E-state index contributed by atoms with van der Waals surface area (Å²) in [4.78, 5) is 0. The molecule has 0 nitrogen and oxygen atoms in total. The van der Waals surface area contributed by atoms with Crippen LogP contribution in [-0.2, 0) is 11.8 Å². The van der Waals surface area contributed by atoms with E-state index in [1.54, 1.807) is 0 Å². The average Bonchev–Trinajstić information content (AvgIpc) is 3.49. The Morgan fingerprint density at radius 1 is 0.509 bits per heavy atom.